The quantitative estimate of drug-likeness (QED) is 0.725. The molecule has 4 nitrogen and oxygen atoms in total. The first kappa shape index (κ1) is 16.9. The van der Waals surface area contributed by atoms with Gasteiger partial charge in [-0.05, 0) is 69.1 Å². The molecule has 5 aliphatic rings. The Morgan fingerprint density at radius 1 is 1.33 bits per heavy atom. The van der Waals surface area contributed by atoms with Gasteiger partial charge in [-0.15, -0.1) is 0 Å². The Morgan fingerprint density at radius 3 is 2.62 bits per heavy atom. The van der Waals surface area contributed by atoms with Crippen LogP contribution in [-0.4, -0.2) is 40.2 Å². The van der Waals surface area contributed by atoms with E-state index in [2.05, 4.69) is 21.2 Å². The molecule has 134 valence electrons. The molecule has 1 N–H and O–H groups in total. The lowest BCUT2D eigenvalue weighted by Gasteiger charge is -2.60. The van der Waals surface area contributed by atoms with Crippen molar-refractivity contribution in [2.45, 2.75) is 75.1 Å². The van der Waals surface area contributed by atoms with Crippen LogP contribution in [-0.2, 0) is 9.59 Å². The van der Waals surface area contributed by atoms with Gasteiger partial charge in [0.2, 0.25) is 11.8 Å². The van der Waals surface area contributed by atoms with Gasteiger partial charge in [0, 0.05) is 36.3 Å². The van der Waals surface area contributed by atoms with Crippen LogP contribution in [0.15, 0.2) is 0 Å². The fourth-order valence-electron chi connectivity index (χ4n) is 6.48. The van der Waals surface area contributed by atoms with E-state index in [1.165, 1.54) is 38.5 Å². The van der Waals surface area contributed by atoms with Crippen molar-refractivity contribution in [2.24, 2.45) is 17.3 Å². The third kappa shape index (κ3) is 3.25. The summed E-state index contributed by atoms with van der Waals surface area (Å²) in [6.07, 6.45) is 9.93. The SMILES string of the molecule is CC(CN1CCCC1=O)NC(=O)CC12CC3CC(CC(Br)(C3)C1)C2. The summed E-state index contributed by atoms with van der Waals surface area (Å²) in [5.41, 5.74) is 0.223. The van der Waals surface area contributed by atoms with Gasteiger partial charge in [0.1, 0.15) is 0 Å². The highest BCUT2D eigenvalue weighted by Crippen LogP contribution is 2.65. The molecular weight excluding hydrogens is 368 g/mol. The molecule has 5 fully saturated rings. The molecule has 1 saturated heterocycles. The zero-order valence-electron chi connectivity index (χ0n) is 14.7. The van der Waals surface area contributed by atoms with Gasteiger partial charge in [-0.25, -0.2) is 0 Å². The first-order valence-corrected chi connectivity index (χ1v) is 10.4. The van der Waals surface area contributed by atoms with E-state index in [0.29, 0.717) is 23.7 Å². The molecule has 4 aliphatic carbocycles. The number of amides is 2. The predicted octanol–water partition coefficient (Wildman–Crippen LogP) is 3.24. The smallest absolute Gasteiger partial charge is 0.222 e. The zero-order chi connectivity index (χ0) is 16.9. The summed E-state index contributed by atoms with van der Waals surface area (Å²) in [5, 5.41) is 3.17. The average molecular weight is 397 g/mol. The summed E-state index contributed by atoms with van der Waals surface area (Å²) in [6, 6.07) is 0.0476. The van der Waals surface area contributed by atoms with Crippen LogP contribution >= 0.6 is 15.9 Å². The van der Waals surface area contributed by atoms with Gasteiger partial charge in [0.25, 0.3) is 0 Å². The van der Waals surface area contributed by atoms with Crippen LogP contribution in [0.5, 0.6) is 0 Å². The van der Waals surface area contributed by atoms with Gasteiger partial charge >= 0.3 is 0 Å². The Hall–Kier alpha value is -0.580. The standard InChI is InChI=1S/C19H29BrN2O2/c1-13(11-22-4-2-3-17(22)24)21-16(23)10-18-6-14-5-15(7-18)9-19(20,8-14)12-18/h13-15H,2-12H2,1H3,(H,21,23). The maximum Gasteiger partial charge on any atom is 0.222 e. The lowest BCUT2D eigenvalue weighted by molar-refractivity contribution is -0.131. The fourth-order valence-corrected chi connectivity index (χ4v) is 7.99. The Labute approximate surface area is 153 Å². The van der Waals surface area contributed by atoms with E-state index in [0.717, 1.165) is 24.8 Å². The normalized spacial score (nSPS) is 41.8. The first-order chi connectivity index (χ1) is 11.3. The van der Waals surface area contributed by atoms with Gasteiger partial charge in [0.15, 0.2) is 0 Å². The van der Waals surface area contributed by atoms with E-state index < -0.39 is 0 Å². The van der Waals surface area contributed by atoms with Crippen LogP contribution < -0.4 is 5.32 Å². The Morgan fingerprint density at radius 2 is 2.04 bits per heavy atom. The van der Waals surface area contributed by atoms with Crippen LogP contribution in [0.4, 0.5) is 0 Å². The topological polar surface area (TPSA) is 49.4 Å². The molecule has 0 aromatic heterocycles. The van der Waals surface area contributed by atoms with Crippen molar-refractivity contribution < 1.29 is 9.59 Å². The second kappa shape index (κ2) is 6.00. The molecule has 1 aliphatic heterocycles. The minimum absolute atomic E-state index is 0.0476. The molecule has 0 aromatic rings. The summed E-state index contributed by atoms with van der Waals surface area (Å²) >= 11 is 4.02. The van der Waals surface area contributed by atoms with Crippen LogP contribution in [0.2, 0.25) is 0 Å². The summed E-state index contributed by atoms with van der Waals surface area (Å²) in [7, 11) is 0. The van der Waals surface area contributed by atoms with E-state index >= 15 is 0 Å². The molecule has 4 saturated carbocycles. The number of carbonyl (C=O) groups is 2. The molecule has 2 amide bonds. The van der Waals surface area contributed by atoms with Crippen molar-refractivity contribution in [1.82, 2.24) is 10.2 Å². The molecule has 5 heteroatoms. The molecule has 0 aromatic carbocycles. The Balaban J connectivity index is 1.33. The molecule has 4 bridgehead atoms. The number of carbonyl (C=O) groups excluding carboxylic acids is 2. The highest BCUT2D eigenvalue weighted by atomic mass is 79.9. The maximum absolute atomic E-state index is 12.7. The van der Waals surface area contributed by atoms with Crippen molar-refractivity contribution in [3.63, 3.8) is 0 Å². The monoisotopic (exact) mass is 396 g/mol. The molecular formula is C19H29BrN2O2. The second-order valence-electron chi connectivity index (χ2n) is 9.20. The zero-order valence-corrected chi connectivity index (χ0v) is 16.2. The maximum atomic E-state index is 12.7. The summed E-state index contributed by atoms with van der Waals surface area (Å²) in [6.45, 7) is 3.53. The van der Waals surface area contributed by atoms with Gasteiger partial charge in [-0.2, -0.15) is 0 Å². The fraction of sp³-hybridized carbons (Fsp3) is 0.895. The number of hydrogen-bond donors (Lipinski definition) is 1. The minimum atomic E-state index is 0.0476. The number of rotatable bonds is 5. The van der Waals surface area contributed by atoms with Crippen molar-refractivity contribution in [3.8, 4) is 0 Å². The van der Waals surface area contributed by atoms with Gasteiger partial charge in [-0.1, -0.05) is 15.9 Å². The molecule has 3 atom stereocenters. The number of likely N-dealkylation sites (tertiary alicyclic amines) is 1. The van der Waals surface area contributed by atoms with Crippen molar-refractivity contribution in [3.05, 3.63) is 0 Å². The molecule has 1 heterocycles. The number of alkyl halides is 1. The van der Waals surface area contributed by atoms with Crippen molar-refractivity contribution in [1.29, 1.82) is 0 Å². The molecule has 24 heavy (non-hydrogen) atoms. The van der Waals surface area contributed by atoms with Crippen molar-refractivity contribution in [2.75, 3.05) is 13.1 Å². The van der Waals surface area contributed by atoms with Crippen LogP contribution in [0, 0.1) is 17.3 Å². The highest BCUT2D eigenvalue weighted by molar-refractivity contribution is 9.10. The Bertz CT molecular complexity index is 535. The van der Waals surface area contributed by atoms with E-state index in [1.54, 1.807) is 0 Å². The van der Waals surface area contributed by atoms with Crippen LogP contribution in [0.25, 0.3) is 0 Å². The predicted molar refractivity (Wildman–Crippen MR) is 96.8 cm³/mol. The number of hydrogen-bond acceptors (Lipinski definition) is 2. The molecule has 5 rings (SSSR count). The van der Waals surface area contributed by atoms with E-state index in [-0.39, 0.29) is 23.3 Å². The lowest BCUT2D eigenvalue weighted by atomic mass is 9.48. The van der Waals surface area contributed by atoms with E-state index in [1.807, 2.05) is 11.8 Å². The lowest BCUT2D eigenvalue weighted by Crippen LogP contribution is -2.54. The number of nitrogens with one attached hydrogen (secondary N) is 1. The van der Waals surface area contributed by atoms with Crippen molar-refractivity contribution >= 4 is 27.7 Å². The van der Waals surface area contributed by atoms with E-state index in [4.69, 9.17) is 0 Å². The number of halogens is 1. The van der Waals surface area contributed by atoms with Gasteiger partial charge in [-0.3, -0.25) is 9.59 Å². The Kier molecular flexibility index (Phi) is 4.21. The summed E-state index contributed by atoms with van der Waals surface area (Å²) < 4.78 is 0.310. The van der Waals surface area contributed by atoms with Gasteiger partial charge < -0.3 is 10.2 Å². The third-order valence-corrected chi connectivity index (χ3v) is 7.65. The average Bonchev–Trinajstić information content (AvgIpc) is 2.80. The largest absolute Gasteiger partial charge is 0.352 e. The third-order valence-electron chi connectivity index (χ3n) is 6.72. The highest BCUT2D eigenvalue weighted by Gasteiger charge is 2.57. The molecule has 0 radical (unpaired) electrons. The summed E-state index contributed by atoms with van der Waals surface area (Å²) in [4.78, 5) is 26.3. The number of nitrogens with zero attached hydrogens (tertiary/aromatic N) is 1. The second-order valence-corrected chi connectivity index (χ2v) is 10.9. The van der Waals surface area contributed by atoms with Gasteiger partial charge in [0.05, 0.1) is 0 Å². The summed E-state index contributed by atoms with van der Waals surface area (Å²) in [5.74, 6) is 2.06. The van der Waals surface area contributed by atoms with Crippen LogP contribution in [0.3, 0.4) is 0 Å². The van der Waals surface area contributed by atoms with Crippen LogP contribution in [0.1, 0.15) is 64.7 Å². The van der Waals surface area contributed by atoms with E-state index in [9.17, 15) is 9.59 Å². The molecule has 0 spiro atoms. The first-order valence-electron chi connectivity index (χ1n) is 9.61. The molecule has 3 unspecified atom stereocenters. The minimum Gasteiger partial charge on any atom is -0.352 e.